The lowest BCUT2D eigenvalue weighted by Gasteiger charge is -2.06. The zero-order chi connectivity index (χ0) is 13.3. The smallest absolute Gasteiger partial charge is 0.0855 e. The molecule has 0 aliphatic carbocycles. The van der Waals surface area contributed by atoms with Crippen molar-refractivity contribution in [3.05, 3.63) is 39.6 Å². The molecule has 1 aromatic carbocycles. The van der Waals surface area contributed by atoms with Crippen LogP contribution >= 0.6 is 35.0 Å². The molecule has 0 radical (unpaired) electrons. The van der Waals surface area contributed by atoms with Crippen LogP contribution in [0.25, 0.3) is 0 Å². The number of aryl methyl sites for hydroxylation is 2. The third-order valence-corrected chi connectivity index (χ3v) is 4.58. The van der Waals surface area contributed by atoms with Crippen LogP contribution in [0.15, 0.2) is 23.1 Å². The van der Waals surface area contributed by atoms with E-state index >= 15 is 0 Å². The van der Waals surface area contributed by atoms with Crippen LogP contribution in [0.3, 0.4) is 0 Å². The summed E-state index contributed by atoms with van der Waals surface area (Å²) in [6, 6.07) is 5.45. The molecular formula is C12H13Cl2N3S. The van der Waals surface area contributed by atoms with Gasteiger partial charge in [0.15, 0.2) is 0 Å². The Morgan fingerprint density at radius 2 is 2.11 bits per heavy atom. The van der Waals surface area contributed by atoms with Gasteiger partial charge in [-0.2, -0.15) is 5.10 Å². The first-order valence-electron chi connectivity index (χ1n) is 5.35. The zero-order valence-corrected chi connectivity index (χ0v) is 12.4. The van der Waals surface area contributed by atoms with Gasteiger partial charge in [-0.05, 0) is 25.1 Å². The van der Waals surface area contributed by atoms with Crippen molar-refractivity contribution in [3.63, 3.8) is 0 Å². The van der Waals surface area contributed by atoms with Crippen LogP contribution in [0.1, 0.15) is 11.4 Å². The molecule has 0 saturated carbocycles. The number of anilines is 1. The van der Waals surface area contributed by atoms with Gasteiger partial charge in [-0.25, -0.2) is 0 Å². The average molecular weight is 302 g/mol. The maximum atomic E-state index is 6.20. The molecule has 0 spiro atoms. The van der Waals surface area contributed by atoms with Gasteiger partial charge in [-0.3, -0.25) is 4.68 Å². The minimum atomic E-state index is 0.698. The minimum absolute atomic E-state index is 0.698. The lowest BCUT2D eigenvalue weighted by Crippen LogP contribution is -1.96. The summed E-state index contributed by atoms with van der Waals surface area (Å²) >= 11 is 13.9. The summed E-state index contributed by atoms with van der Waals surface area (Å²) in [5.74, 6) is 0.708. The van der Waals surface area contributed by atoms with E-state index in [9.17, 15) is 0 Å². The van der Waals surface area contributed by atoms with E-state index < -0.39 is 0 Å². The standard InChI is InChI=1S/C12H13Cl2N3S/c1-7-12(14)10(17(2)16-7)6-18-11-5-8(15)3-4-9(11)13/h3-5H,6,15H2,1-2H3. The molecular weight excluding hydrogens is 289 g/mol. The number of rotatable bonds is 3. The van der Waals surface area contributed by atoms with E-state index in [1.165, 1.54) is 0 Å². The van der Waals surface area contributed by atoms with Crippen molar-refractivity contribution in [2.45, 2.75) is 17.6 Å². The van der Waals surface area contributed by atoms with Crippen LogP contribution in [0.4, 0.5) is 5.69 Å². The van der Waals surface area contributed by atoms with Gasteiger partial charge in [-0.1, -0.05) is 23.2 Å². The molecule has 3 nitrogen and oxygen atoms in total. The highest BCUT2D eigenvalue weighted by molar-refractivity contribution is 7.98. The zero-order valence-electron chi connectivity index (χ0n) is 10.1. The van der Waals surface area contributed by atoms with Gasteiger partial charge in [0.2, 0.25) is 0 Å². The van der Waals surface area contributed by atoms with Crippen LogP contribution in [0.5, 0.6) is 0 Å². The molecule has 1 aromatic heterocycles. The van der Waals surface area contributed by atoms with Gasteiger partial charge in [-0.15, -0.1) is 11.8 Å². The van der Waals surface area contributed by atoms with Gasteiger partial charge in [0.05, 0.1) is 21.4 Å². The second-order valence-corrected chi connectivity index (χ2v) is 5.75. The normalized spacial score (nSPS) is 10.9. The fourth-order valence-electron chi connectivity index (χ4n) is 1.61. The summed E-state index contributed by atoms with van der Waals surface area (Å²) in [5.41, 5.74) is 8.27. The first kappa shape index (κ1) is 13.6. The molecule has 0 atom stereocenters. The van der Waals surface area contributed by atoms with E-state index in [1.807, 2.05) is 20.0 Å². The van der Waals surface area contributed by atoms with E-state index in [0.717, 1.165) is 16.3 Å². The summed E-state index contributed by atoms with van der Waals surface area (Å²) in [4.78, 5) is 0.951. The van der Waals surface area contributed by atoms with Crippen LogP contribution < -0.4 is 5.73 Å². The highest BCUT2D eigenvalue weighted by Crippen LogP contribution is 2.33. The van der Waals surface area contributed by atoms with E-state index in [-0.39, 0.29) is 0 Å². The number of aromatic nitrogens is 2. The van der Waals surface area contributed by atoms with Crippen molar-refractivity contribution >= 4 is 40.7 Å². The van der Waals surface area contributed by atoms with Crippen LogP contribution in [-0.2, 0) is 12.8 Å². The largest absolute Gasteiger partial charge is 0.399 e. The number of thioether (sulfide) groups is 1. The predicted molar refractivity (Wildman–Crippen MR) is 78.4 cm³/mol. The quantitative estimate of drug-likeness (QED) is 0.690. The number of benzene rings is 1. The first-order chi connectivity index (χ1) is 8.49. The minimum Gasteiger partial charge on any atom is -0.399 e. The summed E-state index contributed by atoms with van der Waals surface area (Å²) in [5, 5.41) is 5.69. The number of halogens is 2. The van der Waals surface area contributed by atoms with E-state index in [1.54, 1.807) is 28.6 Å². The molecule has 2 aromatic rings. The van der Waals surface area contributed by atoms with Crippen molar-refractivity contribution in [2.24, 2.45) is 7.05 Å². The van der Waals surface area contributed by atoms with Crippen molar-refractivity contribution in [2.75, 3.05) is 5.73 Å². The number of nitrogens with two attached hydrogens (primary N) is 1. The van der Waals surface area contributed by atoms with Crippen LogP contribution in [0.2, 0.25) is 10.0 Å². The molecule has 6 heteroatoms. The Balaban J connectivity index is 2.19. The van der Waals surface area contributed by atoms with Gasteiger partial charge < -0.3 is 5.73 Å². The van der Waals surface area contributed by atoms with Crippen molar-refractivity contribution in [1.29, 1.82) is 0 Å². The summed E-state index contributed by atoms with van der Waals surface area (Å²) < 4.78 is 1.80. The molecule has 0 saturated heterocycles. The lowest BCUT2D eigenvalue weighted by molar-refractivity contribution is 0.727. The molecule has 0 bridgehead atoms. The summed E-state index contributed by atoms with van der Waals surface area (Å²) in [6.45, 7) is 1.89. The molecule has 0 aliphatic rings. The number of nitrogens with zero attached hydrogens (tertiary/aromatic N) is 2. The highest BCUT2D eigenvalue weighted by Gasteiger charge is 2.12. The average Bonchev–Trinajstić information content (AvgIpc) is 2.55. The Hall–Kier alpha value is -0.840. The van der Waals surface area contributed by atoms with Crippen LogP contribution in [0, 0.1) is 6.92 Å². The number of hydrogen-bond donors (Lipinski definition) is 1. The van der Waals surface area contributed by atoms with Gasteiger partial charge in [0.25, 0.3) is 0 Å². The van der Waals surface area contributed by atoms with Crippen LogP contribution in [-0.4, -0.2) is 9.78 Å². The Morgan fingerprint density at radius 1 is 1.39 bits per heavy atom. The molecule has 1 heterocycles. The van der Waals surface area contributed by atoms with E-state index in [4.69, 9.17) is 28.9 Å². The maximum absolute atomic E-state index is 6.20. The van der Waals surface area contributed by atoms with E-state index in [0.29, 0.717) is 21.5 Å². The molecule has 0 aliphatic heterocycles. The topological polar surface area (TPSA) is 43.8 Å². The maximum Gasteiger partial charge on any atom is 0.0855 e. The Morgan fingerprint density at radius 3 is 2.72 bits per heavy atom. The molecule has 0 fully saturated rings. The van der Waals surface area contributed by atoms with Crippen molar-refractivity contribution in [1.82, 2.24) is 9.78 Å². The first-order valence-corrected chi connectivity index (χ1v) is 7.09. The molecule has 2 rings (SSSR count). The number of nitrogen functional groups attached to an aromatic ring is 1. The Kier molecular flexibility index (Phi) is 4.10. The second kappa shape index (κ2) is 5.43. The molecule has 0 unspecified atom stereocenters. The Bertz CT molecular complexity index is 581. The monoisotopic (exact) mass is 301 g/mol. The predicted octanol–water partition coefficient (Wildman–Crippen LogP) is 3.91. The third-order valence-electron chi connectivity index (χ3n) is 2.58. The SMILES string of the molecule is Cc1nn(C)c(CSc2cc(N)ccc2Cl)c1Cl. The lowest BCUT2D eigenvalue weighted by atomic mass is 10.3. The summed E-state index contributed by atoms with van der Waals surface area (Å²) in [6.07, 6.45) is 0. The molecule has 0 amide bonds. The second-order valence-electron chi connectivity index (χ2n) is 3.95. The van der Waals surface area contributed by atoms with Gasteiger partial charge in [0.1, 0.15) is 0 Å². The van der Waals surface area contributed by atoms with Gasteiger partial charge >= 0.3 is 0 Å². The van der Waals surface area contributed by atoms with E-state index in [2.05, 4.69) is 5.10 Å². The van der Waals surface area contributed by atoms with Crippen molar-refractivity contribution in [3.8, 4) is 0 Å². The summed E-state index contributed by atoms with van der Waals surface area (Å²) in [7, 11) is 1.88. The fraction of sp³-hybridized carbons (Fsp3) is 0.250. The number of hydrogen-bond acceptors (Lipinski definition) is 3. The van der Waals surface area contributed by atoms with Crippen molar-refractivity contribution < 1.29 is 0 Å². The van der Waals surface area contributed by atoms with Gasteiger partial charge in [0, 0.05) is 23.4 Å². The molecule has 96 valence electrons. The highest BCUT2D eigenvalue weighted by atomic mass is 35.5. The fourth-order valence-corrected chi connectivity index (χ4v) is 3.25. The molecule has 18 heavy (non-hydrogen) atoms. The molecule has 2 N–H and O–H groups in total. The Labute approximate surface area is 120 Å². The third kappa shape index (κ3) is 2.76.